The van der Waals surface area contributed by atoms with Crippen molar-refractivity contribution in [3.8, 4) is 0 Å². The van der Waals surface area contributed by atoms with Gasteiger partial charge in [-0.15, -0.1) is 0 Å². The Morgan fingerprint density at radius 3 is 2.41 bits per heavy atom. The van der Waals surface area contributed by atoms with Crippen LogP contribution >= 0.6 is 0 Å². The van der Waals surface area contributed by atoms with Crippen molar-refractivity contribution >= 4 is 10.1 Å². The molecule has 0 amide bonds. The maximum Gasteiger partial charge on any atom is 0.264 e. The van der Waals surface area contributed by atoms with Gasteiger partial charge in [-0.3, -0.25) is 9.08 Å². The lowest BCUT2D eigenvalue weighted by Gasteiger charge is -2.42. The topological polar surface area (TPSA) is 46.6 Å². The maximum atomic E-state index is 13.9. The number of hydrogen-bond acceptors (Lipinski definition) is 4. The molecule has 4 nitrogen and oxygen atoms in total. The highest BCUT2D eigenvalue weighted by molar-refractivity contribution is 7.85. The molecule has 0 aromatic heterocycles. The van der Waals surface area contributed by atoms with E-state index < -0.39 is 16.3 Å². The van der Waals surface area contributed by atoms with Gasteiger partial charge in [-0.1, -0.05) is 0 Å². The van der Waals surface area contributed by atoms with E-state index >= 15 is 0 Å². The fraction of sp³-hybridized carbons (Fsp3) is 1.00. The van der Waals surface area contributed by atoms with Crippen molar-refractivity contribution in [2.75, 3.05) is 26.0 Å². The summed E-state index contributed by atoms with van der Waals surface area (Å²) in [5.74, 6) is -0.316. The average molecular weight is 267 g/mol. The lowest BCUT2D eigenvalue weighted by Crippen LogP contribution is -2.51. The van der Waals surface area contributed by atoms with Crippen molar-refractivity contribution in [2.45, 2.75) is 38.9 Å². The Balaban J connectivity index is 2.49. The Morgan fingerprint density at radius 1 is 1.41 bits per heavy atom. The third kappa shape index (κ3) is 4.89. The Bertz CT molecular complexity index is 350. The molecular weight excluding hydrogens is 245 g/mol. The molecule has 0 aliphatic carbocycles. The Kier molecular flexibility index (Phi) is 4.54. The second-order valence-corrected chi connectivity index (χ2v) is 7.31. The van der Waals surface area contributed by atoms with Crippen molar-refractivity contribution in [1.82, 2.24) is 4.90 Å². The molecule has 1 aliphatic rings. The molecule has 2 atom stereocenters. The van der Waals surface area contributed by atoms with Crippen LogP contribution in [0.3, 0.4) is 0 Å². The van der Waals surface area contributed by atoms with E-state index in [-0.39, 0.29) is 18.1 Å². The first-order valence-corrected chi connectivity index (χ1v) is 7.65. The predicted octanol–water partition coefficient (Wildman–Crippen LogP) is 1.42. The van der Waals surface area contributed by atoms with Gasteiger partial charge in [0.2, 0.25) is 0 Å². The summed E-state index contributed by atoms with van der Waals surface area (Å²) in [7, 11) is -3.47. The first kappa shape index (κ1) is 14.9. The van der Waals surface area contributed by atoms with Crippen molar-refractivity contribution in [3.63, 3.8) is 0 Å². The van der Waals surface area contributed by atoms with Crippen LogP contribution in [0.2, 0.25) is 0 Å². The molecule has 0 spiro atoms. The van der Waals surface area contributed by atoms with Crippen LogP contribution in [0.1, 0.15) is 27.2 Å². The first-order chi connectivity index (χ1) is 7.59. The summed E-state index contributed by atoms with van der Waals surface area (Å²) in [6, 6.07) is 0. The van der Waals surface area contributed by atoms with E-state index in [1.165, 1.54) is 0 Å². The van der Waals surface area contributed by atoms with Crippen LogP contribution < -0.4 is 0 Å². The molecule has 0 radical (unpaired) electrons. The molecule has 1 saturated heterocycles. The molecule has 1 rings (SSSR count). The summed E-state index contributed by atoms with van der Waals surface area (Å²) in [6.07, 6.45) is 0.600. The normalized spacial score (nSPS) is 28.3. The van der Waals surface area contributed by atoms with E-state index in [1.807, 2.05) is 20.8 Å². The minimum absolute atomic E-state index is 0.0437. The third-order valence-electron chi connectivity index (χ3n) is 3.12. The smallest absolute Gasteiger partial charge is 0.264 e. The number of nitrogens with zero attached hydrogens (tertiary/aromatic N) is 1. The SMILES string of the molecule is CC(C)(C)N1CC[C@@H](COS(C)(=O)=O)[C@H](F)C1. The number of alkyl halides is 1. The van der Waals surface area contributed by atoms with Crippen molar-refractivity contribution < 1.29 is 17.0 Å². The summed E-state index contributed by atoms with van der Waals surface area (Å²) in [5, 5.41) is 0. The van der Waals surface area contributed by atoms with Gasteiger partial charge in [-0.05, 0) is 33.7 Å². The Hall–Kier alpha value is -0.200. The third-order valence-corrected chi connectivity index (χ3v) is 3.69. The van der Waals surface area contributed by atoms with E-state index in [9.17, 15) is 12.8 Å². The second-order valence-electron chi connectivity index (χ2n) is 5.67. The van der Waals surface area contributed by atoms with E-state index in [0.29, 0.717) is 13.0 Å². The number of rotatable bonds is 3. The molecule has 1 fully saturated rings. The zero-order chi connectivity index (χ0) is 13.3. The molecule has 0 aromatic rings. The minimum Gasteiger partial charge on any atom is -0.296 e. The largest absolute Gasteiger partial charge is 0.296 e. The van der Waals surface area contributed by atoms with Gasteiger partial charge in [0, 0.05) is 18.0 Å². The quantitative estimate of drug-likeness (QED) is 0.726. The lowest BCUT2D eigenvalue weighted by atomic mass is 9.92. The minimum atomic E-state index is -3.47. The monoisotopic (exact) mass is 267 g/mol. The van der Waals surface area contributed by atoms with E-state index in [4.69, 9.17) is 0 Å². The molecule has 0 unspecified atom stereocenters. The molecule has 6 heteroatoms. The fourth-order valence-corrected chi connectivity index (χ4v) is 2.38. The van der Waals surface area contributed by atoms with Crippen LogP contribution in [0.5, 0.6) is 0 Å². The number of piperidine rings is 1. The van der Waals surface area contributed by atoms with Gasteiger partial charge in [0.25, 0.3) is 10.1 Å². The van der Waals surface area contributed by atoms with Crippen LogP contribution in [-0.4, -0.2) is 51.0 Å². The molecule has 0 saturated carbocycles. The zero-order valence-electron chi connectivity index (χ0n) is 10.9. The molecule has 1 aliphatic heterocycles. The average Bonchev–Trinajstić information content (AvgIpc) is 2.12. The molecule has 102 valence electrons. The molecular formula is C11H22FNO3S. The highest BCUT2D eigenvalue weighted by Crippen LogP contribution is 2.26. The van der Waals surface area contributed by atoms with Gasteiger partial charge in [-0.25, -0.2) is 4.39 Å². The Labute approximate surface area is 103 Å². The van der Waals surface area contributed by atoms with E-state index in [1.54, 1.807) is 0 Å². The van der Waals surface area contributed by atoms with E-state index in [2.05, 4.69) is 9.08 Å². The first-order valence-electron chi connectivity index (χ1n) is 5.83. The van der Waals surface area contributed by atoms with Gasteiger partial charge in [-0.2, -0.15) is 8.42 Å². The molecule has 1 heterocycles. The summed E-state index contributed by atoms with van der Waals surface area (Å²) < 4.78 is 40.3. The molecule has 0 aromatic carbocycles. The van der Waals surface area contributed by atoms with Crippen LogP contribution in [0.4, 0.5) is 4.39 Å². The van der Waals surface area contributed by atoms with Crippen molar-refractivity contribution in [1.29, 1.82) is 0 Å². The summed E-state index contributed by atoms with van der Waals surface area (Å²) >= 11 is 0. The second kappa shape index (κ2) is 5.20. The molecule has 0 N–H and O–H groups in total. The number of halogens is 1. The van der Waals surface area contributed by atoms with Gasteiger partial charge in [0.15, 0.2) is 0 Å². The highest BCUT2D eigenvalue weighted by Gasteiger charge is 2.34. The summed E-state index contributed by atoms with van der Waals surface area (Å²) in [4.78, 5) is 2.08. The van der Waals surface area contributed by atoms with Gasteiger partial charge in [0.05, 0.1) is 12.9 Å². The standard InChI is InChI=1S/C11H22FNO3S/c1-11(2,3)13-6-5-9(10(12)7-13)8-16-17(4,14)15/h9-10H,5-8H2,1-4H3/t9-,10+/m0/s1. The lowest BCUT2D eigenvalue weighted by molar-refractivity contribution is 0.0136. The van der Waals surface area contributed by atoms with Gasteiger partial charge >= 0.3 is 0 Å². The van der Waals surface area contributed by atoms with Gasteiger partial charge < -0.3 is 0 Å². The van der Waals surface area contributed by atoms with Crippen LogP contribution in [-0.2, 0) is 14.3 Å². The number of hydrogen-bond donors (Lipinski definition) is 0. The number of likely N-dealkylation sites (tertiary alicyclic amines) is 1. The fourth-order valence-electron chi connectivity index (χ4n) is 1.96. The van der Waals surface area contributed by atoms with Crippen LogP contribution in [0.15, 0.2) is 0 Å². The van der Waals surface area contributed by atoms with E-state index in [0.717, 1.165) is 12.8 Å². The summed E-state index contributed by atoms with van der Waals surface area (Å²) in [6.45, 7) is 7.23. The van der Waals surface area contributed by atoms with Crippen LogP contribution in [0.25, 0.3) is 0 Å². The van der Waals surface area contributed by atoms with Crippen molar-refractivity contribution in [3.05, 3.63) is 0 Å². The predicted molar refractivity (Wildman–Crippen MR) is 65.1 cm³/mol. The molecule has 17 heavy (non-hydrogen) atoms. The van der Waals surface area contributed by atoms with Gasteiger partial charge in [0.1, 0.15) is 6.17 Å². The maximum absolute atomic E-state index is 13.9. The zero-order valence-corrected chi connectivity index (χ0v) is 11.8. The van der Waals surface area contributed by atoms with Crippen molar-refractivity contribution in [2.24, 2.45) is 5.92 Å². The van der Waals surface area contributed by atoms with Crippen LogP contribution in [0, 0.1) is 5.92 Å². The Morgan fingerprint density at radius 2 is 2.00 bits per heavy atom. The summed E-state index contributed by atoms with van der Waals surface area (Å²) in [5.41, 5.74) is -0.0486. The molecule has 0 bridgehead atoms. The highest BCUT2D eigenvalue weighted by atomic mass is 32.2.